The van der Waals surface area contributed by atoms with Gasteiger partial charge in [-0.3, -0.25) is 0 Å². The van der Waals surface area contributed by atoms with Crippen LogP contribution in [0.15, 0.2) is 30.6 Å². The molecule has 6 rings (SSSR count). The normalized spacial score (nSPS) is 18.7. The summed E-state index contributed by atoms with van der Waals surface area (Å²) >= 11 is 1.40. The molecule has 1 N–H and O–H groups in total. The fraction of sp³-hybridized carbons (Fsp3) is 0.464. The molecule has 0 saturated carbocycles. The number of H-pyrrole nitrogens is 1. The summed E-state index contributed by atoms with van der Waals surface area (Å²) in [6.45, 7) is 12.5. The average molecular weight is 551 g/mol. The Morgan fingerprint density at radius 2 is 1.77 bits per heavy atom. The number of benzene rings is 1. The summed E-state index contributed by atoms with van der Waals surface area (Å²) in [7, 11) is 1.39. The number of anilines is 1. The van der Waals surface area contributed by atoms with Crippen molar-refractivity contribution in [2.75, 3.05) is 38.2 Å². The van der Waals surface area contributed by atoms with E-state index in [-0.39, 0.29) is 12.1 Å². The lowest BCUT2D eigenvalue weighted by molar-refractivity contribution is 0.0282. The van der Waals surface area contributed by atoms with Crippen molar-refractivity contribution in [3.8, 4) is 11.3 Å². The van der Waals surface area contributed by atoms with Gasteiger partial charge in [0.1, 0.15) is 21.7 Å². The zero-order valence-electron chi connectivity index (χ0n) is 23.1. The largest absolute Gasteiger partial charge is 0.465 e. The van der Waals surface area contributed by atoms with Crippen molar-refractivity contribution in [1.82, 2.24) is 24.8 Å². The Morgan fingerprint density at radius 3 is 2.44 bits per heavy atom. The third-order valence-electron chi connectivity index (χ3n) is 6.87. The third-order valence-corrected chi connectivity index (χ3v) is 7.95. The molecule has 10 nitrogen and oxygen atoms in total. The molecule has 1 amide bonds. The second kappa shape index (κ2) is 10.4. The van der Waals surface area contributed by atoms with Crippen LogP contribution in [-0.4, -0.2) is 75.8 Å². The van der Waals surface area contributed by atoms with Crippen molar-refractivity contribution in [3.05, 3.63) is 35.5 Å². The van der Waals surface area contributed by atoms with Gasteiger partial charge in [0.05, 0.1) is 13.4 Å². The molecule has 39 heavy (non-hydrogen) atoms. The van der Waals surface area contributed by atoms with Crippen molar-refractivity contribution >= 4 is 50.6 Å². The molecule has 4 aromatic rings. The number of carbonyl (C=O) groups excluding carboxylic acids is 2. The number of aromatic amines is 1. The van der Waals surface area contributed by atoms with E-state index in [4.69, 9.17) is 19.4 Å². The fourth-order valence-electron chi connectivity index (χ4n) is 5.18. The number of amides is 1. The molecule has 2 saturated heterocycles. The molecule has 2 aliphatic rings. The van der Waals surface area contributed by atoms with Crippen molar-refractivity contribution in [3.63, 3.8) is 0 Å². The molecular weight excluding hydrogens is 516 g/mol. The molecule has 2 aliphatic heterocycles. The van der Waals surface area contributed by atoms with E-state index in [1.54, 1.807) is 6.33 Å². The number of likely N-dealkylation sites (tertiary alicyclic amines) is 1. The summed E-state index contributed by atoms with van der Waals surface area (Å²) in [6.07, 6.45) is 1.38. The SMILES string of the molecule is CC.COC(=O)c1cc2ccc(-c3nc(N4CC5CN(C(=O)OC(C)(C)C)CC5C4)nc4nc[nH]c34)cc2s1. The Kier molecular flexibility index (Phi) is 7.19. The average Bonchev–Trinajstić information content (AvgIpc) is 3.69. The van der Waals surface area contributed by atoms with Crippen LogP contribution in [0.4, 0.5) is 10.7 Å². The molecule has 0 spiro atoms. The molecular formula is C28H34N6O4S. The van der Waals surface area contributed by atoms with E-state index < -0.39 is 5.60 Å². The molecule has 2 unspecified atom stereocenters. The number of ether oxygens (including phenoxy) is 2. The first-order chi connectivity index (χ1) is 18.7. The molecule has 5 heterocycles. The minimum absolute atomic E-state index is 0.246. The second-order valence-corrected chi connectivity index (χ2v) is 11.7. The summed E-state index contributed by atoms with van der Waals surface area (Å²) < 4.78 is 11.4. The highest BCUT2D eigenvalue weighted by atomic mass is 32.1. The van der Waals surface area contributed by atoms with Crippen LogP contribution in [0.3, 0.4) is 0 Å². The summed E-state index contributed by atoms with van der Waals surface area (Å²) in [6, 6.07) is 7.87. The number of rotatable bonds is 3. The number of thiophene rings is 1. The minimum atomic E-state index is -0.503. The number of nitrogens with one attached hydrogen (secondary N) is 1. The maximum atomic E-state index is 12.5. The Bertz CT molecular complexity index is 1510. The number of esters is 1. The number of hydrogen-bond donors (Lipinski definition) is 1. The van der Waals surface area contributed by atoms with E-state index >= 15 is 0 Å². The van der Waals surface area contributed by atoms with Crippen LogP contribution in [0.1, 0.15) is 44.3 Å². The lowest BCUT2D eigenvalue weighted by atomic mass is 10.0. The molecule has 1 aromatic carbocycles. The summed E-state index contributed by atoms with van der Waals surface area (Å²) in [5.41, 5.74) is 2.55. The molecule has 3 aromatic heterocycles. The van der Waals surface area contributed by atoms with Gasteiger partial charge in [-0.05, 0) is 38.3 Å². The fourth-order valence-corrected chi connectivity index (χ4v) is 6.20. The van der Waals surface area contributed by atoms with E-state index in [0.29, 0.717) is 41.4 Å². The smallest absolute Gasteiger partial charge is 0.410 e. The Morgan fingerprint density at radius 1 is 1.05 bits per heavy atom. The molecule has 2 fully saturated rings. The highest BCUT2D eigenvalue weighted by Crippen LogP contribution is 2.36. The van der Waals surface area contributed by atoms with E-state index in [0.717, 1.165) is 39.9 Å². The third kappa shape index (κ3) is 5.27. The lowest BCUT2D eigenvalue weighted by Crippen LogP contribution is -2.37. The molecule has 2 atom stereocenters. The van der Waals surface area contributed by atoms with Crippen LogP contribution in [0.5, 0.6) is 0 Å². The van der Waals surface area contributed by atoms with E-state index in [1.807, 2.05) is 63.8 Å². The maximum Gasteiger partial charge on any atom is 0.410 e. The van der Waals surface area contributed by atoms with Crippen LogP contribution in [0.2, 0.25) is 0 Å². The molecule has 206 valence electrons. The molecule has 0 radical (unpaired) electrons. The standard InChI is InChI=1S/C26H28N6O4S.C2H6/c1-26(2,3)36-25(34)32-11-16-9-31(10-17(16)12-32)24-29-20(21-22(30-24)28-13-27-21)15-6-5-14-7-19(23(33)35-4)37-18(14)8-15;1-2/h5-8,13,16-17H,9-12H2,1-4H3,(H,27,28,29,30);1-2H3. The van der Waals surface area contributed by atoms with Gasteiger partial charge in [-0.1, -0.05) is 26.0 Å². The van der Waals surface area contributed by atoms with E-state index in [1.165, 1.54) is 18.4 Å². The van der Waals surface area contributed by atoms with Gasteiger partial charge in [0, 0.05) is 48.3 Å². The minimum Gasteiger partial charge on any atom is -0.465 e. The van der Waals surface area contributed by atoms with Gasteiger partial charge in [-0.2, -0.15) is 4.98 Å². The summed E-state index contributed by atoms with van der Waals surface area (Å²) in [5, 5.41) is 0.978. The Hall–Kier alpha value is -3.73. The predicted octanol–water partition coefficient (Wildman–Crippen LogP) is 5.35. The van der Waals surface area contributed by atoms with Gasteiger partial charge in [-0.15, -0.1) is 11.3 Å². The first-order valence-corrected chi connectivity index (χ1v) is 14.1. The quantitative estimate of drug-likeness (QED) is 0.340. The van der Waals surface area contributed by atoms with Gasteiger partial charge >= 0.3 is 12.1 Å². The van der Waals surface area contributed by atoms with Crippen LogP contribution in [0.25, 0.3) is 32.5 Å². The number of methoxy groups -OCH3 is 1. The lowest BCUT2D eigenvalue weighted by Gasteiger charge is -2.26. The van der Waals surface area contributed by atoms with Gasteiger partial charge in [0.2, 0.25) is 5.95 Å². The molecule has 0 aliphatic carbocycles. The van der Waals surface area contributed by atoms with Crippen molar-refractivity contribution in [2.24, 2.45) is 11.8 Å². The zero-order valence-corrected chi connectivity index (χ0v) is 24.0. The van der Waals surface area contributed by atoms with Crippen LogP contribution in [-0.2, 0) is 9.47 Å². The Balaban J connectivity index is 0.00000151. The van der Waals surface area contributed by atoms with Crippen LogP contribution in [0, 0.1) is 11.8 Å². The van der Waals surface area contributed by atoms with Gasteiger partial charge in [-0.25, -0.2) is 19.6 Å². The van der Waals surface area contributed by atoms with Crippen LogP contribution < -0.4 is 4.90 Å². The van der Waals surface area contributed by atoms with Crippen molar-refractivity contribution < 1.29 is 19.1 Å². The monoisotopic (exact) mass is 550 g/mol. The number of nitrogens with zero attached hydrogens (tertiary/aromatic N) is 5. The first-order valence-electron chi connectivity index (χ1n) is 13.2. The number of fused-ring (bicyclic) bond motifs is 3. The van der Waals surface area contributed by atoms with Crippen molar-refractivity contribution in [2.45, 2.75) is 40.2 Å². The van der Waals surface area contributed by atoms with Gasteiger partial charge in [0.25, 0.3) is 0 Å². The number of carbonyl (C=O) groups is 2. The summed E-state index contributed by atoms with van der Waals surface area (Å²) in [5.74, 6) is 0.976. The highest BCUT2D eigenvalue weighted by molar-refractivity contribution is 7.20. The summed E-state index contributed by atoms with van der Waals surface area (Å²) in [4.78, 5) is 46.4. The Labute approximate surface area is 231 Å². The number of aromatic nitrogens is 4. The van der Waals surface area contributed by atoms with Crippen molar-refractivity contribution in [1.29, 1.82) is 0 Å². The number of imidazole rings is 1. The highest BCUT2D eigenvalue weighted by Gasteiger charge is 2.43. The molecule has 0 bridgehead atoms. The van der Waals surface area contributed by atoms with Gasteiger partial charge < -0.3 is 24.3 Å². The number of hydrogen-bond acceptors (Lipinski definition) is 9. The predicted molar refractivity (Wildman–Crippen MR) is 152 cm³/mol. The molecule has 11 heteroatoms. The topological polar surface area (TPSA) is 114 Å². The van der Waals surface area contributed by atoms with Gasteiger partial charge in [0.15, 0.2) is 5.65 Å². The van der Waals surface area contributed by atoms with Crippen LogP contribution >= 0.6 is 11.3 Å². The van der Waals surface area contributed by atoms with E-state index in [9.17, 15) is 9.59 Å². The van der Waals surface area contributed by atoms with E-state index in [2.05, 4.69) is 14.9 Å². The second-order valence-electron chi connectivity index (χ2n) is 10.6. The maximum absolute atomic E-state index is 12.5. The zero-order chi connectivity index (χ0) is 27.9. The first kappa shape index (κ1) is 26.9.